The average Bonchev–Trinajstić information content (AvgIpc) is 1.88. The van der Waals surface area contributed by atoms with Crippen LogP contribution in [0.25, 0.3) is 0 Å². The van der Waals surface area contributed by atoms with Gasteiger partial charge in [0.25, 0.3) is 0 Å². The number of rotatable bonds is 5. The maximum absolute atomic E-state index is 11.6. The molecule has 0 spiro atoms. The molecule has 0 aliphatic rings. The largest absolute Gasteiger partial charge is 1.00 e. The molecule has 0 fully saturated rings. The second kappa shape index (κ2) is 7.18. The first-order valence-electron chi connectivity index (χ1n) is 3.76. The standard InChI is InChI=1S/C7H16O3P.Li/c1-5-9-11(8,7(3)4)10-6-2;/h5-6H2,1-4H3;/q-1;+1. The van der Waals surface area contributed by atoms with Crippen LogP contribution >= 0.6 is 7.60 Å². The van der Waals surface area contributed by atoms with Crippen molar-refractivity contribution >= 4 is 7.60 Å². The minimum Gasteiger partial charge on any atom is -0.331 e. The molecule has 12 heavy (non-hydrogen) atoms. The van der Waals surface area contributed by atoms with Gasteiger partial charge >= 0.3 is 18.9 Å². The molecule has 0 amide bonds. The smallest absolute Gasteiger partial charge is 0.331 e. The fourth-order valence-electron chi connectivity index (χ4n) is 0.635. The van der Waals surface area contributed by atoms with Crippen molar-refractivity contribution in [2.75, 3.05) is 13.2 Å². The fourth-order valence-corrected chi connectivity index (χ4v) is 1.91. The summed E-state index contributed by atoms with van der Waals surface area (Å²) in [4.78, 5) is 0. The topological polar surface area (TPSA) is 35.5 Å². The molecule has 68 valence electrons. The van der Waals surface area contributed by atoms with E-state index in [0.29, 0.717) is 18.9 Å². The summed E-state index contributed by atoms with van der Waals surface area (Å²) in [5.74, 6) is 0. The van der Waals surface area contributed by atoms with Crippen molar-refractivity contribution < 1.29 is 32.5 Å². The van der Waals surface area contributed by atoms with Crippen molar-refractivity contribution in [1.82, 2.24) is 0 Å². The first kappa shape index (κ1) is 15.2. The fraction of sp³-hybridized carbons (Fsp3) is 0.857. The summed E-state index contributed by atoms with van der Waals surface area (Å²) >= 11 is 0. The summed E-state index contributed by atoms with van der Waals surface area (Å²) in [7, 11) is -2.87. The van der Waals surface area contributed by atoms with E-state index < -0.39 is 7.60 Å². The molecule has 0 aromatic rings. The van der Waals surface area contributed by atoms with Crippen LogP contribution in [0.1, 0.15) is 27.7 Å². The Morgan fingerprint density at radius 1 is 1.17 bits per heavy atom. The van der Waals surface area contributed by atoms with Crippen LogP contribution in [-0.4, -0.2) is 13.2 Å². The van der Waals surface area contributed by atoms with Crippen LogP contribution in [0.4, 0.5) is 0 Å². The Bertz CT molecular complexity index is 140. The van der Waals surface area contributed by atoms with E-state index in [1.54, 1.807) is 27.7 Å². The maximum Gasteiger partial charge on any atom is 1.00 e. The molecule has 0 N–H and O–H groups in total. The van der Waals surface area contributed by atoms with Gasteiger partial charge in [-0.15, -0.1) is 0 Å². The second-order valence-corrected chi connectivity index (χ2v) is 4.69. The third kappa shape index (κ3) is 4.70. The zero-order valence-corrected chi connectivity index (χ0v) is 9.48. The molecule has 0 heterocycles. The molecule has 3 nitrogen and oxygen atoms in total. The summed E-state index contributed by atoms with van der Waals surface area (Å²) in [5.41, 5.74) is 0.709. The molecule has 0 rings (SSSR count). The first-order valence-corrected chi connectivity index (χ1v) is 5.31. The van der Waals surface area contributed by atoms with Crippen molar-refractivity contribution in [3.05, 3.63) is 5.66 Å². The molecule has 0 radical (unpaired) electrons. The van der Waals surface area contributed by atoms with Crippen molar-refractivity contribution in [3.63, 3.8) is 0 Å². The molecule has 0 aliphatic carbocycles. The Labute approximate surface area is 86.9 Å². The SMILES string of the molecule is CCOP(=O)(OCC)[C-](C)C.[Li+]. The molecule has 0 saturated heterocycles. The van der Waals surface area contributed by atoms with Crippen LogP contribution in [0.2, 0.25) is 0 Å². The van der Waals surface area contributed by atoms with E-state index in [4.69, 9.17) is 9.05 Å². The predicted molar refractivity (Wildman–Crippen MR) is 45.4 cm³/mol. The van der Waals surface area contributed by atoms with Gasteiger partial charge in [0.05, 0.1) is 13.2 Å². The Hall–Kier alpha value is 0.747. The van der Waals surface area contributed by atoms with Gasteiger partial charge in [-0.1, -0.05) is 0 Å². The molecule has 0 aliphatic heterocycles. The molecule has 0 aromatic carbocycles. The molecule has 5 heteroatoms. The van der Waals surface area contributed by atoms with Crippen molar-refractivity contribution in [3.8, 4) is 0 Å². The summed E-state index contributed by atoms with van der Waals surface area (Å²) in [6, 6.07) is 0. The summed E-state index contributed by atoms with van der Waals surface area (Å²) in [6.07, 6.45) is 0. The van der Waals surface area contributed by atoms with Crippen LogP contribution < -0.4 is 18.9 Å². The molecule has 0 bridgehead atoms. The van der Waals surface area contributed by atoms with Gasteiger partial charge in [0, 0.05) is 0 Å². The van der Waals surface area contributed by atoms with E-state index in [1.807, 2.05) is 0 Å². The van der Waals surface area contributed by atoms with Gasteiger partial charge in [0.15, 0.2) is 7.60 Å². The van der Waals surface area contributed by atoms with Gasteiger partial charge in [0.2, 0.25) is 0 Å². The molecular formula is C7H16LiO3P. The summed E-state index contributed by atoms with van der Waals surface area (Å²) in [5, 5.41) is 0. The summed E-state index contributed by atoms with van der Waals surface area (Å²) < 4.78 is 21.7. The Morgan fingerprint density at radius 3 is 1.67 bits per heavy atom. The molecule has 0 atom stereocenters. The van der Waals surface area contributed by atoms with E-state index in [-0.39, 0.29) is 18.9 Å². The minimum absolute atomic E-state index is 0. The van der Waals surface area contributed by atoms with Crippen LogP contribution in [0, 0.1) is 5.66 Å². The molecule has 0 saturated carbocycles. The summed E-state index contributed by atoms with van der Waals surface area (Å²) in [6.45, 7) is 7.95. The van der Waals surface area contributed by atoms with Gasteiger partial charge in [0.1, 0.15) is 0 Å². The zero-order chi connectivity index (χ0) is 8.91. The monoisotopic (exact) mass is 186 g/mol. The maximum atomic E-state index is 11.6. The van der Waals surface area contributed by atoms with Gasteiger partial charge in [-0.3, -0.25) is 4.57 Å². The van der Waals surface area contributed by atoms with Crippen LogP contribution in [0.15, 0.2) is 0 Å². The minimum atomic E-state index is -2.87. The van der Waals surface area contributed by atoms with Gasteiger partial charge in [-0.05, 0) is 13.8 Å². The Kier molecular flexibility index (Phi) is 9.11. The predicted octanol–water partition coefficient (Wildman–Crippen LogP) is -0.172. The van der Waals surface area contributed by atoms with E-state index >= 15 is 0 Å². The molecule has 0 aromatic heterocycles. The van der Waals surface area contributed by atoms with E-state index in [9.17, 15) is 4.57 Å². The number of hydrogen-bond donors (Lipinski definition) is 0. The Morgan fingerprint density at radius 2 is 1.50 bits per heavy atom. The van der Waals surface area contributed by atoms with Crippen molar-refractivity contribution in [2.24, 2.45) is 0 Å². The average molecular weight is 186 g/mol. The Balaban J connectivity index is 0. The third-order valence-electron chi connectivity index (χ3n) is 1.15. The normalized spacial score (nSPS) is 11.4. The van der Waals surface area contributed by atoms with Gasteiger partial charge < -0.3 is 9.05 Å². The van der Waals surface area contributed by atoms with Crippen molar-refractivity contribution in [1.29, 1.82) is 0 Å². The zero-order valence-electron chi connectivity index (χ0n) is 8.59. The van der Waals surface area contributed by atoms with Gasteiger partial charge in [-0.25, -0.2) is 5.66 Å². The van der Waals surface area contributed by atoms with Gasteiger partial charge in [-0.2, -0.15) is 13.8 Å². The first-order chi connectivity index (χ1) is 5.06. The van der Waals surface area contributed by atoms with E-state index in [2.05, 4.69) is 0 Å². The van der Waals surface area contributed by atoms with Crippen LogP contribution in [0.3, 0.4) is 0 Å². The number of hydrogen-bond acceptors (Lipinski definition) is 3. The van der Waals surface area contributed by atoms with Crippen LogP contribution in [-0.2, 0) is 13.6 Å². The third-order valence-corrected chi connectivity index (χ3v) is 3.44. The molecular weight excluding hydrogens is 170 g/mol. The van der Waals surface area contributed by atoms with E-state index in [0.717, 1.165) is 0 Å². The van der Waals surface area contributed by atoms with E-state index in [1.165, 1.54) is 0 Å². The van der Waals surface area contributed by atoms with Crippen molar-refractivity contribution in [2.45, 2.75) is 27.7 Å². The quantitative estimate of drug-likeness (QED) is 0.339. The van der Waals surface area contributed by atoms with Crippen LogP contribution in [0.5, 0.6) is 0 Å². The molecule has 0 unspecified atom stereocenters. The second-order valence-electron chi connectivity index (χ2n) is 2.28.